The highest BCUT2D eigenvalue weighted by Gasteiger charge is 2.13. The lowest BCUT2D eigenvalue weighted by molar-refractivity contribution is -0.312. The number of aromatic carboxylic acids is 1. The Morgan fingerprint density at radius 1 is 0.944 bits per heavy atom. The van der Waals surface area contributed by atoms with Gasteiger partial charge in [0.2, 0.25) is 0 Å². The molecule has 1 fully saturated rings. The van der Waals surface area contributed by atoms with E-state index in [4.69, 9.17) is 0 Å². The van der Waals surface area contributed by atoms with E-state index in [1.165, 1.54) is 18.6 Å². The third kappa shape index (κ3) is 4.99. The van der Waals surface area contributed by atoms with Gasteiger partial charge in [-0.05, 0) is 24.3 Å². The summed E-state index contributed by atoms with van der Waals surface area (Å²) in [5.41, 5.74) is 0.220. The molecule has 2 rings (SSSR count). The fourth-order valence-electron chi connectivity index (χ4n) is 1.91. The van der Waals surface area contributed by atoms with Gasteiger partial charge in [0.1, 0.15) is 0 Å². The number of carbonyl (C=O) groups excluding carboxylic acids is 2. The van der Waals surface area contributed by atoms with E-state index >= 15 is 0 Å². The maximum atomic E-state index is 10.2. The molecule has 1 aromatic carbocycles. The van der Waals surface area contributed by atoms with Gasteiger partial charge in [-0.3, -0.25) is 0 Å². The minimum atomic E-state index is -1.13. The lowest BCUT2D eigenvalue weighted by Gasteiger charge is -2.21. The average Bonchev–Trinajstić information content (AvgIpc) is 2.41. The molecule has 0 N–H and O–H groups in total. The maximum absolute atomic E-state index is 10.2. The lowest BCUT2D eigenvalue weighted by atomic mass is 9.90. The van der Waals surface area contributed by atoms with Crippen LogP contribution in [0.2, 0.25) is 0 Å². The van der Waals surface area contributed by atoms with Crippen LogP contribution in [0.25, 0.3) is 0 Å². The predicted octanol–water partition coefficient (Wildman–Crippen LogP) is 0.367. The van der Waals surface area contributed by atoms with Crippen LogP contribution in [0.4, 0.5) is 0 Å². The molecule has 0 heterocycles. The molecular weight excluding hydrogens is 232 g/mol. The van der Waals surface area contributed by atoms with E-state index in [0.717, 1.165) is 25.7 Å². The zero-order valence-electron chi connectivity index (χ0n) is 10.1. The van der Waals surface area contributed by atoms with E-state index in [-0.39, 0.29) is 11.5 Å². The summed E-state index contributed by atoms with van der Waals surface area (Å²) in [5.74, 6) is -2.12. The van der Waals surface area contributed by atoms with Gasteiger partial charge in [0.05, 0.1) is 5.97 Å². The van der Waals surface area contributed by atoms with Gasteiger partial charge < -0.3 is 19.8 Å². The number of aliphatic carboxylic acids is 1. The molecule has 4 heteroatoms. The average molecular weight is 248 g/mol. The second kappa shape index (κ2) is 7.48. The van der Waals surface area contributed by atoms with Crippen LogP contribution in [0, 0.1) is 5.92 Å². The molecule has 0 unspecified atom stereocenters. The van der Waals surface area contributed by atoms with Crippen LogP contribution in [-0.4, -0.2) is 11.9 Å². The third-order valence-electron chi connectivity index (χ3n) is 2.95. The molecular formula is C14H16O4-2. The number of carbonyl (C=O) groups is 2. The van der Waals surface area contributed by atoms with Crippen LogP contribution in [-0.2, 0) is 4.79 Å². The van der Waals surface area contributed by atoms with Crippen molar-refractivity contribution in [3.8, 4) is 0 Å². The van der Waals surface area contributed by atoms with Crippen LogP contribution in [0.5, 0.6) is 0 Å². The summed E-state index contributed by atoms with van der Waals surface area (Å²) in [4.78, 5) is 20.3. The van der Waals surface area contributed by atoms with Crippen molar-refractivity contribution in [2.45, 2.75) is 32.1 Å². The summed E-state index contributed by atoms with van der Waals surface area (Å²) < 4.78 is 0. The third-order valence-corrected chi connectivity index (χ3v) is 2.95. The first kappa shape index (κ1) is 14.2. The van der Waals surface area contributed by atoms with Gasteiger partial charge in [-0.1, -0.05) is 49.6 Å². The Hall–Kier alpha value is -1.84. The van der Waals surface area contributed by atoms with Crippen LogP contribution in [0.15, 0.2) is 30.3 Å². The largest absolute Gasteiger partial charge is 0.550 e. The molecule has 1 saturated carbocycles. The molecule has 1 aliphatic carbocycles. The normalized spacial score (nSPS) is 15.3. The highest BCUT2D eigenvalue weighted by Crippen LogP contribution is 2.22. The molecule has 1 aromatic rings. The minimum absolute atomic E-state index is 0.140. The van der Waals surface area contributed by atoms with Crippen molar-refractivity contribution in [3.63, 3.8) is 0 Å². The van der Waals surface area contributed by atoms with Crippen molar-refractivity contribution in [2.24, 2.45) is 5.92 Å². The molecule has 0 radical (unpaired) electrons. The first-order chi connectivity index (χ1) is 8.61. The molecule has 18 heavy (non-hydrogen) atoms. The van der Waals surface area contributed by atoms with Crippen molar-refractivity contribution in [2.75, 3.05) is 0 Å². The highest BCUT2D eigenvalue weighted by atomic mass is 16.4. The molecule has 0 bridgehead atoms. The van der Waals surface area contributed by atoms with Crippen LogP contribution in [0.1, 0.15) is 42.5 Å². The zero-order valence-corrected chi connectivity index (χ0v) is 10.1. The fraction of sp³-hybridized carbons (Fsp3) is 0.429. The smallest absolute Gasteiger partial charge is 0.0715 e. The SMILES string of the molecule is O=C([O-])C1CCCCC1.O=C([O-])c1ccccc1. The van der Waals surface area contributed by atoms with Crippen molar-refractivity contribution < 1.29 is 19.8 Å². The second-order valence-electron chi connectivity index (χ2n) is 4.31. The predicted molar refractivity (Wildman–Crippen MR) is 62.4 cm³/mol. The lowest BCUT2D eigenvalue weighted by Crippen LogP contribution is -2.32. The topological polar surface area (TPSA) is 80.3 Å². The molecule has 4 nitrogen and oxygen atoms in total. The Labute approximate surface area is 106 Å². The van der Waals surface area contributed by atoms with Gasteiger partial charge in [0.25, 0.3) is 0 Å². The van der Waals surface area contributed by atoms with Crippen molar-refractivity contribution >= 4 is 11.9 Å². The Morgan fingerprint density at radius 2 is 1.50 bits per heavy atom. The van der Waals surface area contributed by atoms with Crippen LogP contribution < -0.4 is 10.2 Å². The van der Waals surface area contributed by atoms with Gasteiger partial charge >= 0.3 is 0 Å². The molecule has 0 aromatic heterocycles. The van der Waals surface area contributed by atoms with E-state index in [2.05, 4.69) is 0 Å². The van der Waals surface area contributed by atoms with Gasteiger partial charge in [-0.15, -0.1) is 0 Å². The maximum Gasteiger partial charge on any atom is 0.0715 e. The molecule has 0 amide bonds. The molecule has 1 aliphatic rings. The van der Waals surface area contributed by atoms with Gasteiger partial charge in [-0.25, -0.2) is 0 Å². The molecule has 0 aliphatic heterocycles. The van der Waals surface area contributed by atoms with Gasteiger partial charge in [0, 0.05) is 5.97 Å². The summed E-state index contributed by atoms with van der Waals surface area (Å²) >= 11 is 0. The first-order valence-corrected chi connectivity index (χ1v) is 6.08. The molecule has 0 spiro atoms. The van der Waals surface area contributed by atoms with Crippen molar-refractivity contribution in [3.05, 3.63) is 35.9 Å². The number of carboxylic acids is 2. The Balaban J connectivity index is 0.000000180. The number of rotatable bonds is 2. The Kier molecular flexibility index (Phi) is 5.91. The van der Waals surface area contributed by atoms with Gasteiger partial charge in [0.15, 0.2) is 0 Å². The number of carboxylic acid groups (broad SMARTS) is 2. The fourth-order valence-corrected chi connectivity index (χ4v) is 1.91. The molecule has 98 valence electrons. The quantitative estimate of drug-likeness (QED) is 0.757. The van der Waals surface area contributed by atoms with E-state index < -0.39 is 11.9 Å². The highest BCUT2D eigenvalue weighted by molar-refractivity contribution is 5.85. The summed E-state index contributed by atoms with van der Waals surface area (Å²) in [7, 11) is 0. The first-order valence-electron chi connectivity index (χ1n) is 6.08. The van der Waals surface area contributed by atoms with E-state index in [1.54, 1.807) is 18.2 Å². The van der Waals surface area contributed by atoms with E-state index in [0.29, 0.717) is 0 Å². The van der Waals surface area contributed by atoms with Crippen molar-refractivity contribution in [1.82, 2.24) is 0 Å². The van der Waals surface area contributed by atoms with Crippen LogP contribution in [0.3, 0.4) is 0 Å². The monoisotopic (exact) mass is 248 g/mol. The second-order valence-corrected chi connectivity index (χ2v) is 4.31. The number of benzene rings is 1. The number of hydrogen-bond acceptors (Lipinski definition) is 4. The van der Waals surface area contributed by atoms with Crippen LogP contribution >= 0.6 is 0 Å². The summed E-state index contributed by atoms with van der Waals surface area (Å²) in [6.07, 6.45) is 5.01. The standard InChI is InChI=1S/C7H12O2.C7H6O2/c2*8-7(9)6-4-2-1-3-5-6/h6H,1-5H2,(H,8,9);1-5H,(H,8,9)/p-2. The number of hydrogen-bond donors (Lipinski definition) is 0. The van der Waals surface area contributed by atoms with Crippen molar-refractivity contribution in [1.29, 1.82) is 0 Å². The zero-order chi connectivity index (χ0) is 13.4. The molecule has 0 saturated heterocycles. The Morgan fingerprint density at radius 3 is 1.83 bits per heavy atom. The minimum Gasteiger partial charge on any atom is -0.550 e. The Bertz CT molecular complexity index is 380. The summed E-state index contributed by atoms with van der Waals surface area (Å²) in [6.45, 7) is 0. The summed E-state index contributed by atoms with van der Waals surface area (Å²) in [6, 6.07) is 8.06. The summed E-state index contributed by atoms with van der Waals surface area (Å²) in [5, 5.41) is 20.3. The molecule has 0 atom stereocenters. The van der Waals surface area contributed by atoms with E-state index in [1.807, 2.05) is 0 Å². The van der Waals surface area contributed by atoms with Gasteiger partial charge in [-0.2, -0.15) is 0 Å². The van der Waals surface area contributed by atoms with E-state index in [9.17, 15) is 19.8 Å².